The first-order valence-corrected chi connectivity index (χ1v) is 11.8. The number of amides is 2. The van der Waals surface area contributed by atoms with Gasteiger partial charge in [-0.25, -0.2) is 9.78 Å². The van der Waals surface area contributed by atoms with E-state index in [2.05, 4.69) is 10.3 Å². The van der Waals surface area contributed by atoms with E-state index in [0.717, 1.165) is 11.3 Å². The van der Waals surface area contributed by atoms with E-state index in [1.165, 1.54) is 0 Å². The molecular weight excluding hydrogens is 501 g/mol. The van der Waals surface area contributed by atoms with E-state index in [1.807, 2.05) is 77.7 Å². The molecule has 0 radical (unpaired) electrons. The topological polar surface area (TPSA) is 103 Å². The first-order chi connectivity index (χ1) is 18.1. The van der Waals surface area contributed by atoms with Crippen LogP contribution in [0.25, 0.3) is 0 Å². The minimum atomic E-state index is -5.08. The van der Waals surface area contributed by atoms with Gasteiger partial charge >= 0.3 is 12.1 Å². The molecule has 0 saturated carbocycles. The third kappa shape index (κ3) is 5.77. The summed E-state index contributed by atoms with van der Waals surface area (Å²) in [5, 5.41) is 10.6. The molecule has 0 aliphatic carbocycles. The van der Waals surface area contributed by atoms with E-state index < -0.39 is 17.7 Å². The molecule has 1 spiro atoms. The third-order valence-electron chi connectivity index (χ3n) is 6.42. The number of likely N-dealkylation sites (tertiary alicyclic amines) is 1. The standard InChI is InChI=1S/C25H24N4O2.C2HF3O2/c30-23(20-10-5-2-6-11-20)28-16-13-25(14-17-28)24(31)29(18-19-8-3-1-4-9-19)22-21(27-25)12-7-15-26-22;3-2(4,5)1(6)7/h1-12,15,27H,13-14,16-18H2;(H,6,7). The molecule has 11 heteroatoms. The highest BCUT2D eigenvalue weighted by Crippen LogP contribution is 2.39. The van der Waals surface area contributed by atoms with Crippen LogP contribution in [-0.4, -0.2) is 57.6 Å². The average molecular weight is 527 g/mol. The number of nitrogens with zero attached hydrogens (tertiary/aromatic N) is 3. The zero-order chi connectivity index (χ0) is 27.3. The number of aliphatic carboxylic acids is 1. The van der Waals surface area contributed by atoms with Crippen LogP contribution in [0.2, 0.25) is 0 Å². The molecule has 38 heavy (non-hydrogen) atoms. The van der Waals surface area contributed by atoms with Crippen LogP contribution in [0.4, 0.5) is 24.7 Å². The minimum absolute atomic E-state index is 0.0157. The third-order valence-corrected chi connectivity index (χ3v) is 6.42. The lowest BCUT2D eigenvalue weighted by Crippen LogP contribution is -2.62. The van der Waals surface area contributed by atoms with Gasteiger partial charge in [0, 0.05) is 24.8 Å². The first kappa shape index (κ1) is 26.6. The molecule has 2 aliphatic heterocycles. The second kappa shape index (κ2) is 10.9. The molecule has 0 atom stereocenters. The van der Waals surface area contributed by atoms with Crippen molar-refractivity contribution in [3.8, 4) is 0 Å². The number of aromatic nitrogens is 1. The predicted molar refractivity (Wildman–Crippen MR) is 133 cm³/mol. The van der Waals surface area contributed by atoms with E-state index in [-0.39, 0.29) is 11.8 Å². The molecule has 3 aromatic rings. The van der Waals surface area contributed by atoms with Crippen molar-refractivity contribution in [2.24, 2.45) is 0 Å². The fourth-order valence-corrected chi connectivity index (χ4v) is 4.48. The smallest absolute Gasteiger partial charge is 0.475 e. The van der Waals surface area contributed by atoms with E-state index in [4.69, 9.17) is 9.90 Å². The zero-order valence-electron chi connectivity index (χ0n) is 20.2. The Morgan fingerprint density at radius 1 is 0.947 bits per heavy atom. The first-order valence-electron chi connectivity index (χ1n) is 11.8. The van der Waals surface area contributed by atoms with E-state index >= 15 is 0 Å². The quantitative estimate of drug-likeness (QED) is 0.526. The fourth-order valence-electron chi connectivity index (χ4n) is 4.48. The second-order valence-corrected chi connectivity index (χ2v) is 8.92. The number of anilines is 2. The monoisotopic (exact) mass is 526 g/mol. The number of carbonyl (C=O) groups excluding carboxylic acids is 2. The molecule has 0 unspecified atom stereocenters. The van der Waals surface area contributed by atoms with Crippen LogP contribution >= 0.6 is 0 Å². The number of carbonyl (C=O) groups is 3. The summed E-state index contributed by atoms with van der Waals surface area (Å²) in [6, 6.07) is 23.1. The Labute approximate surface area is 216 Å². The maximum absolute atomic E-state index is 13.7. The maximum Gasteiger partial charge on any atom is 0.490 e. The highest BCUT2D eigenvalue weighted by molar-refractivity contribution is 6.07. The summed E-state index contributed by atoms with van der Waals surface area (Å²) in [5.41, 5.74) is 1.88. The molecule has 2 aromatic carbocycles. The van der Waals surface area contributed by atoms with Crippen molar-refractivity contribution in [2.45, 2.75) is 31.1 Å². The molecule has 198 valence electrons. The van der Waals surface area contributed by atoms with Crippen LogP contribution in [0.15, 0.2) is 79.0 Å². The van der Waals surface area contributed by atoms with Crippen LogP contribution in [0.1, 0.15) is 28.8 Å². The minimum Gasteiger partial charge on any atom is -0.475 e. The molecule has 0 bridgehead atoms. The Hall–Kier alpha value is -4.41. The summed E-state index contributed by atoms with van der Waals surface area (Å²) in [6.45, 7) is 1.53. The number of carboxylic acid groups (broad SMARTS) is 1. The van der Waals surface area contributed by atoms with Crippen molar-refractivity contribution in [3.05, 3.63) is 90.1 Å². The zero-order valence-corrected chi connectivity index (χ0v) is 20.2. The number of carboxylic acids is 1. The molecule has 2 amide bonds. The van der Waals surface area contributed by atoms with E-state index in [0.29, 0.717) is 43.9 Å². The predicted octanol–water partition coefficient (Wildman–Crippen LogP) is 4.35. The van der Waals surface area contributed by atoms with E-state index in [9.17, 15) is 22.8 Å². The number of benzene rings is 2. The van der Waals surface area contributed by atoms with Gasteiger partial charge in [-0.05, 0) is 42.7 Å². The van der Waals surface area contributed by atoms with Crippen LogP contribution in [0.3, 0.4) is 0 Å². The Bertz CT molecular complexity index is 1290. The van der Waals surface area contributed by atoms with Gasteiger partial charge in [-0.3, -0.25) is 14.5 Å². The Balaban J connectivity index is 0.000000426. The van der Waals surface area contributed by atoms with E-state index in [1.54, 1.807) is 11.1 Å². The number of rotatable bonds is 3. The highest BCUT2D eigenvalue weighted by Gasteiger charge is 2.48. The summed E-state index contributed by atoms with van der Waals surface area (Å²) < 4.78 is 31.7. The molecule has 1 fully saturated rings. The number of piperidine rings is 1. The number of alkyl halides is 3. The molecule has 8 nitrogen and oxygen atoms in total. The Morgan fingerprint density at radius 2 is 1.53 bits per heavy atom. The van der Waals surface area contributed by atoms with Crippen molar-refractivity contribution in [2.75, 3.05) is 23.3 Å². The summed E-state index contributed by atoms with van der Waals surface area (Å²) in [7, 11) is 0. The highest BCUT2D eigenvalue weighted by atomic mass is 19.4. The SMILES string of the molecule is O=C(O)C(F)(F)F.O=C(c1ccccc1)N1CCC2(CC1)Nc1cccnc1N(Cc1ccccc1)C2=O. The van der Waals surface area contributed by atoms with Crippen molar-refractivity contribution in [1.29, 1.82) is 0 Å². The lowest BCUT2D eigenvalue weighted by atomic mass is 9.83. The lowest BCUT2D eigenvalue weighted by molar-refractivity contribution is -0.192. The lowest BCUT2D eigenvalue weighted by Gasteiger charge is -2.47. The van der Waals surface area contributed by atoms with Crippen LogP contribution in [0.5, 0.6) is 0 Å². The summed E-state index contributed by atoms with van der Waals surface area (Å²) in [6.07, 6.45) is -2.25. The van der Waals surface area contributed by atoms with Gasteiger partial charge in [0.15, 0.2) is 5.82 Å². The molecule has 2 N–H and O–H groups in total. The number of pyridine rings is 1. The average Bonchev–Trinajstić information content (AvgIpc) is 2.92. The van der Waals surface area contributed by atoms with Crippen molar-refractivity contribution >= 4 is 29.3 Å². The van der Waals surface area contributed by atoms with Gasteiger partial charge in [0.25, 0.3) is 11.8 Å². The fraction of sp³-hybridized carbons (Fsp3) is 0.259. The van der Waals surface area contributed by atoms with Gasteiger partial charge < -0.3 is 15.3 Å². The van der Waals surface area contributed by atoms with Gasteiger partial charge in [0.2, 0.25) is 0 Å². The normalized spacial score (nSPS) is 16.1. The van der Waals surface area contributed by atoms with Crippen LogP contribution in [-0.2, 0) is 16.1 Å². The van der Waals surface area contributed by atoms with Gasteiger partial charge in [0.1, 0.15) is 5.54 Å². The molecular formula is C27H25F3N4O4. The van der Waals surface area contributed by atoms with Crippen LogP contribution < -0.4 is 10.2 Å². The van der Waals surface area contributed by atoms with Crippen molar-refractivity contribution in [3.63, 3.8) is 0 Å². The number of hydrogen-bond acceptors (Lipinski definition) is 5. The molecule has 1 saturated heterocycles. The van der Waals surface area contributed by atoms with Gasteiger partial charge in [-0.1, -0.05) is 48.5 Å². The van der Waals surface area contributed by atoms with Gasteiger partial charge in [-0.15, -0.1) is 0 Å². The number of fused-ring (bicyclic) bond motifs is 1. The summed E-state index contributed by atoms with van der Waals surface area (Å²) >= 11 is 0. The number of halogens is 3. The van der Waals surface area contributed by atoms with Crippen LogP contribution in [0, 0.1) is 0 Å². The summed E-state index contributed by atoms with van der Waals surface area (Å²) in [4.78, 5) is 43.6. The summed E-state index contributed by atoms with van der Waals surface area (Å²) in [5.74, 6) is -2.06. The van der Waals surface area contributed by atoms with Crippen molar-refractivity contribution < 1.29 is 32.7 Å². The largest absolute Gasteiger partial charge is 0.490 e. The number of hydrogen-bond donors (Lipinski definition) is 2. The van der Waals surface area contributed by atoms with Gasteiger partial charge in [0.05, 0.1) is 12.2 Å². The molecule has 5 rings (SSSR count). The Kier molecular flexibility index (Phi) is 7.65. The molecule has 3 heterocycles. The Morgan fingerprint density at radius 3 is 2.11 bits per heavy atom. The maximum atomic E-state index is 13.7. The molecule has 1 aromatic heterocycles. The number of nitrogens with one attached hydrogen (secondary N) is 1. The molecule has 2 aliphatic rings. The van der Waals surface area contributed by atoms with Gasteiger partial charge in [-0.2, -0.15) is 13.2 Å². The second-order valence-electron chi connectivity index (χ2n) is 8.92. The van der Waals surface area contributed by atoms with Crippen molar-refractivity contribution in [1.82, 2.24) is 9.88 Å².